The molecule has 2 heterocycles. The van der Waals surface area contributed by atoms with E-state index >= 15 is 0 Å². The molecule has 0 bridgehead atoms. The summed E-state index contributed by atoms with van der Waals surface area (Å²) in [5.74, 6) is 0.555. The standard InChI is InChI=1S/C16H15N3O2S/c1-10-2-4-11(5-3-10)19-9-18-14-12(13(20)6-7-17)8-22-15(14)16(19)21/h2-7,9,20H,8,17H2,1H3/b7-6-,13-12-. The van der Waals surface area contributed by atoms with Gasteiger partial charge in [-0.3, -0.25) is 9.36 Å². The topological polar surface area (TPSA) is 81.1 Å². The first kappa shape index (κ1) is 14.5. The van der Waals surface area contributed by atoms with Crippen LogP contribution in [0.5, 0.6) is 0 Å². The summed E-state index contributed by atoms with van der Waals surface area (Å²) < 4.78 is 1.52. The molecular formula is C16H15N3O2S. The Hall–Kier alpha value is -2.47. The lowest BCUT2D eigenvalue weighted by Crippen LogP contribution is -2.20. The van der Waals surface area contributed by atoms with Gasteiger partial charge in [-0.1, -0.05) is 17.7 Å². The molecule has 0 atom stereocenters. The third kappa shape index (κ3) is 2.42. The Balaban J connectivity index is 2.12. The van der Waals surface area contributed by atoms with Crippen LogP contribution in [0.25, 0.3) is 11.3 Å². The molecule has 0 fully saturated rings. The number of benzene rings is 1. The molecule has 2 aromatic rings. The Bertz CT molecular complexity index is 835. The number of nitrogens with two attached hydrogens (primary N) is 1. The van der Waals surface area contributed by atoms with Gasteiger partial charge in [-0.25, -0.2) is 4.98 Å². The molecule has 0 unspecified atom stereocenters. The number of nitrogens with zero attached hydrogens (tertiary/aromatic N) is 2. The Labute approximate surface area is 131 Å². The number of rotatable bonds is 2. The highest BCUT2D eigenvalue weighted by molar-refractivity contribution is 8.00. The molecule has 1 aromatic carbocycles. The van der Waals surface area contributed by atoms with Crippen molar-refractivity contribution < 1.29 is 5.11 Å². The molecule has 0 amide bonds. The molecule has 112 valence electrons. The number of aromatic nitrogens is 2. The molecule has 0 aliphatic carbocycles. The van der Waals surface area contributed by atoms with E-state index in [9.17, 15) is 9.90 Å². The van der Waals surface area contributed by atoms with Crippen LogP contribution in [0.3, 0.4) is 0 Å². The minimum absolute atomic E-state index is 0.0498. The van der Waals surface area contributed by atoms with Crippen molar-refractivity contribution in [3.63, 3.8) is 0 Å². The Morgan fingerprint density at radius 2 is 2.14 bits per heavy atom. The predicted octanol–water partition coefficient (Wildman–Crippen LogP) is 2.39. The van der Waals surface area contributed by atoms with Gasteiger partial charge in [-0.15, -0.1) is 11.8 Å². The monoisotopic (exact) mass is 313 g/mol. The van der Waals surface area contributed by atoms with Crippen molar-refractivity contribution in [1.82, 2.24) is 9.55 Å². The Morgan fingerprint density at radius 3 is 2.82 bits per heavy atom. The molecule has 3 N–H and O–H groups in total. The molecule has 3 rings (SSSR count). The number of hydrogen-bond donors (Lipinski definition) is 2. The number of aryl methyl sites for hydroxylation is 1. The van der Waals surface area contributed by atoms with Gasteiger partial charge in [-0.05, 0) is 31.3 Å². The highest BCUT2D eigenvalue weighted by Gasteiger charge is 2.25. The van der Waals surface area contributed by atoms with E-state index in [1.54, 1.807) is 0 Å². The van der Waals surface area contributed by atoms with Gasteiger partial charge in [0.15, 0.2) is 0 Å². The van der Waals surface area contributed by atoms with Crippen molar-refractivity contribution in [2.75, 3.05) is 5.75 Å². The van der Waals surface area contributed by atoms with Crippen LogP contribution in [-0.4, -0.2) is 20.4 Å². The predicted molar refractivity (Wildman–Crippen MR) is 88.2 cm³/mol. The van der Waals surface area contributed by atoms with Crippen LogP contribution in [0.4, 0.5) is 0 Å². The highest BCUT2D eigenvalue weighted by atomic mass is 32.2. The van der Waals surface area contributed by atoms with Gasteiger partial charge in [-0.2, -0.15) is 0 Å². The van der Waals surface area contributed by atoms with Crippen LogP contribution in [0.2, 0.25) is 0 Å². The summed E-state index contributed by atoms with van der Waals surface area (Å²) in [6, 6.07) is 7.67. The smallest absolute Gasteiger partial charge is 0.272 e. The van der Waals surface area contributed by atoms with E-state index in [-0.39, 0.29) is 11.3 Å². The van der Waals surface area contributed by atoms with Crippen LogP contribution in [0.15, 0.2) is 58.3 Å². The largest absolute Gasteiger partial charge is 0.508 e. The third-order valence-corrected chi connectivity index (χ3v) is 4.54. The lowest BCUT2D eigenvalue weighted by atomic mass is 10.1. The number of aliphatic hydroxyl groups is 1. The molecule has 1 aromatic heterocycles. The SMILES string of the molecule is Cc1ccc(-n2cnc3c(c2=O)SC/C3=C(O)\C=C/N)cc1. The lowest BCUT2D eigenvalue weighted by molar-refractivity contribution is 0.434. The first-order valence-electron chi connectivity index (χ1n) is 6.74. The number of aliphatic hydroxyl groups excluding tert-OH is 1. The molecule has 0 radical (unpaired) electrons. The molecule has 6 heteroatoms. The summed E-state index contributed by atoms with van der Waals surface area (Å²) in [5, 5.41) is 9.95. The fraction of sp³-hybridized carbons (Fsp3) is 0.125. The van der Waals surface area contributed by atoms with Gasteiger partial charge in [0.25, 0.3) is 5.56 Å². The summed E-state index contributed by atoms with van der Waals surface area (Å²) in [5.41, 5.74) is 8.24. The quantitative estimate of drug-likeness (QED) is 0.832. The molecule has 0 saturated carbocycles. The Morgan fingerprint density at radius 1 is 1.41 bits per heavy atom. The second-order valence-corrected chi connectivity index (χ2v) is 5.93. The zero-order valence-electron chi connectivity index (χ0n) is 12.0. The van der Waals surface area contributed by atoms with E-state index < -0.39 is 0 Å². The zero-order valence-corrected chi connectivity index (χ0v) is 12.8. The summed E-state index contributed by atoms with van der Waals surface area (Å²) in [6.07, 6.45) is 4.16. The molecular weight excluding hydrogens is 298 g/mol. The minimum Gasteiger partial charge on any atom is -0.508 e. The summed E-state index contributed by atoms with van der Waals surface area (Å²) in [6.45, 7) is 1.99. The average Bonchev–Trinajstić information content (AvgIpc) is 2.94. The van der Waals surface area contributed by atoms with Crippen LogP contribution >= 0.6 is 11.8 Å². The normalized spacial score (nSPS) is 16.0. The molecule has 5 nitrogen and oxygen atoms in total. The van der Waals surface area contributed by atoms with Crippen LogP contribution in [0, 0.1) is 6.92 Å². The van der Waals surface area contributed by atoms with E-state index in [0.29, 0.717) is 21.9 Å². The maximum Gasteiger partial charge on any atom is 0.272 e. The Kier molecular flexibility index (Phi) is 3.77. The van der Waals surface area contributed by atoms with Gasteiger partial charge >= 0.3 is 0 Å². The van der Waals surface area contributed by atoms with Gasteiger partial charge < -0.3 is 10.8 Å². The number of fused-ring (bicyclic) bond motifs is 1. The molecule has 22 heavy (non-hydrogen) atoms. The summed E-state index contributed by atoms with van der Waals surface area (Å²) in [4.78, 5) is 17.5. The maximum atomic E-state index is 12.6. The minimum atomic E-state index is -0.126. The fourth-order valence-corrected chi connectivity index (χ4v) is 3.38. The third-order valence-electron chi connectivity index (χ3n) is 3.45. The summed E-state index contributed by atoms with van der Waals surface area (Å²) in [7, 11) is 0. The van der Waals surface area contributed by atoms with Crippen molar-refractivity contribution >= 4 is 17.3 Å². The first-order chi connectivity index (χ1) is 10.6. The van der Waals surface area contributed by atoms with Gasteiger partial charge in [0.1, 0.15) is 12.1 Å². The van der Waals surface area contributed by atoms with E-state index in [0.717, 1.165) is 11.3 Å². The van der Waals surface area contributed by atoms with Crippen molar-refractivity contribution in [1.29, 1.82) is 0 Å². The van der Waals surface area contributed by atoms with Crippen molar-refractivity contribution in [3.8, 4) is 5.69 Å². The lowest BCUT2D eigenvalue weighted by Gasteiger charge is -2.07. The van der Waals surface area contributed by atoms with Crippen LogP contribution < -0.4 is 11.3 Å². The van der Waals surface area contributed by atoms with Crippen molar-refractivity contribution in [2.24, 2.45) is 5.73 Å². The summed E-state index contributed by atoms with van der Waals surface area (Å²) >= 11 is 1.38. The van der Waals surface area contributed by atoms with Gasteiger partial charge in [0.05, 0.1) is 16.3 Å². The van der Waals surface area contributed by atoms with Crippen LogP contribution in [-0.2, 0) is 0 Å². The van der Waals surface area contributed by atoms with Gasteiger partial charge in [0.2, 0.25) is 0 Å². The molecule has 0 saturated heterocycles. The van der Waals surface area contributed by atoms with Crippen LogP contribution in [0.1, 0.15) is 11.3 Å². The average molecular weight is 313 g/mol. The highest BCUT2D eigenvalue weighted by Crippen LogP contribution is 2.36. The van der Waals surface area contributed by atoms with Gasteiger partial charge in [0, 0.05) is 11.3 Å². The van der Waals surface area contributed by atoms with Crippen molar-refractivity contribution in [2.45, 2.75) is 11.8 Å². The van der Waals surface area contributed by atoms with E-state index in [4.69, 9.17) is 5.73 Å². The number of thioether (sulfide) groups is 1. The fourth-order valence-electron chi connectivity index (χ4n) is 2.27. The number of allylic oxidation sites excluding steroid dienone is 1. The van der Waals surface area contributed by atoms with E-state index in [2.05, 4.69) is 4.98 Å². The van der Waals surface area contributed by atoms with E-state index in [1.165, 1.54) is 34.9 Å². The maximum absolute atomic E-state index is 12.6. The van der Waals surface area contributed by atoms with E-state index in [1.807, 2.05) is 31.2 Å². The first-order valence-corrected chi connectivity index (χ1v) is 7.72. The van der Waals surface area contributed by atoms with Crippen molar-refractivity contribution in [3.05, 3.63) is 70.2 Å². The second-order valence-electron chi connectivity index (χ2n) is 4.94. The number of hydrogen-bond acceptors (Lipinski definition) is 5. The second kappa shape index (κ2) is 5.73. The molecule has 0 spiro atoms. The molecule has 1 aliphatic heterocycles. The molecule has 1 aliphatic rings. The zero-order chi connectivity index (χ0) is 15.7.